The SMILES string of the molecule is COC(=O)C1(c2ccncc2)CC1. The van der Waals surface area contributed by atoms with Gasteiger partial charge < -0.3 is 4.74 Å². The summed E-state index contributed by atoms with van der Waals surface area (Å²) in [4.78, 5) is 15.4. The van der Waals surface area contributed by atoms with Crippen LogP contribution in [0.4, 0.5) is 0 Å². The number of hydrogen-bond donors (Lipinski definition) is 0. The first kappa shape index (κ1) is 8.23. The minimum Gasteiger partial charge on any atom is -0.468 e. The van der Waals surface area contributed by atoms with E-state index in [2.05, 4.69) is 4.98 Å². The van der Waals surface area contributed by atoms with Crippen molar-refractivity contribution in [1.82, 2.24) is 4.98 Å². The van der Waals surface area contributed by atoms with E-state index in [1.54, 1.807) is 12.4 Å². The van der Waals surface area contributed by atoms with Gasteiger partial charge >= 0.3 is 5.97 Å². The molecule has 68 valence electrons. The molecule has 0 aliphatic heterocycles. The van der Waals surface area contributed by atoms with Gasteiger partial charge in [-0.05, 0) is 30.5 Å². The fourth-order valence-corrected chi connectivity index (χ4v) is 1.60. The lowest BCUT2D eigenvalue weighted by Gasteiger charge is -2.11. The number of aromatic nitrogens is 1. The molecule has 0 amide bonds. The summed E-state index contributed by atoms with van der Waals surface area (Å²) in [6, 6.07) is 3.76. The van der Waals surface area contributed by atoms with Crippen molar-refractivity contribution >= 4 is 5.97 Å². The molecule has 0 unspecified atom stereocenters. The van der Waals surface area contributed by atoms with Crippen LogP contribution >= 0.6 is 0 Å². The van der Waals surface area contributed by atoms with Crippen LogP contribution in [-0.4, -0.2) is 18.1 Å². The Kier molecular flexibility index (Phi) is 1.79. The fourth-order valence-electron chi connectivity index (χ4n) is 1.60. The summed E-state index contributed by atoms with van der Waals surface area (Å²) in [5.41, 5.74) is 0.673. The van der Waals surface area contributed by atoms with Crippen LogP contribution in [-0.2, 0) is 14.9 Å². The zero-order valence-electron chi connectivity index (χ0n) is 7.49. The summed E-state index contributed by atoms with van der Waals surface area (Å²) in [5.74, 6) is -0.126. The molecule has 0 saturated heterocycles. The van der Waals surface area contributed by atoms with E-state index in [1.165, 1.54) is 7.11 Å². The maximum Gasteiger partial charge on any atom is 0.316 e. The van der Waals surface area contributed by atoms with Gasteiger partial charge in [-0.25, -0.2) is 0 Å². The Bertz CT molecular complexity index is 317. The maximum absolute atomic E-state index is 11.5. The number of methoxy groups -OCH3 is 1. The van der Waals surface area contributed by atoms with Gasteiger partial charge in [-0.1, -0.05) is 0 Å². The summed E-state index contributed by atoms with van der Waals surface area (Å²) in [5, 5.41) is 0. The average Bonchev–Trinajstić information content (AvgIpc) is 2.99. The van der Waals surface area contributed by atoms with E-state index in [0.717, 1.165) is 18.4 Å². The van der Waals surface area contributed by atoms with Gasteiger partial charge in [0.05, 0.1) is 12.5 Å². The quantitative estimate of drug-likeness (QED) is 0.639. The molecule has 1 aliphatic rings. The predicted octanol–water partition coefficient (Wildman–Crippen LogP) is 1.29. The smallest absolute Gasteiger partial charge is 0.316 e. The monoisotopic (exact) mass is 177 g/mol. The molecule has 13 heavy (non-hydrogen) atoms. The Hall–Kier alpha value is -1.38. The van der Waals surface area contributed by atoms with Gasteiger partial charge in [-0.2, -0.15) is 0 Å². The third-order valence-electron chi connectivity index (χ3n) is 2.56. The molecule has 0 radical (unpaired) electrons. The van der Waals surface area contributed by atoms with Gasteiger partial charge in [-0.15, -0.1) is 0 Å². The standard InChI is InChI=1S/C10H11NO2/c1-13-9(12)10(4-5-10)8-2-6-11-7-3-8/h2-3,6-7H,4-5H2,1H3. The molecule has 0 bridgehead atoms. The lowest BCUT2D eigenvalue weighted by molar-refractivity contribution is -0.143. The Morgan fingerprint density at radius 1 is 1.46 bits per heavy atom. The minimum atomic E-state index is -0.350. The number of carbonyl (C=O) groups excluding carboxylic acids is 1. The van der Waals surface area contributed by atoms with Gasteiger partial charge in [0.1, 0.15) is 0 Å². The third kappa shape index (κ3) is 1.20. The lowest BCUT2D eigenvalue weighted by atomic mass is 9.98. The number of esters is 1. The molecule has 1 fully saturated rings. The van der Waals surface area contributed by atoms with Crippen LogP contribution in [0.3, 0.4) is 0 Å². The number of hydrogen-bond acceptors (Lipinski definition) is 3. The largest absolute Gasteiger partial charge is 0.468 e. The van der Waals surface area contributed by atoms with Crippen LogP contribution in [0.5, 0.6) is 0 Å². The summed E-state index contributed by atoms with van der Waals surface area (Å²) >= 11 is 0. The van der Waals surface area contributed by atoms with Crippen molar-refractivity contribution in [3.05, 3.63) is 30.1 Å². The van der Waals surface area contributed by atoms with Crippen LogP contribution in [0.1, 0.15) is 18.4 Å². The Morgan fingerprint density at radius 2 is 2.08 bits per heavy atom. The normalized spacial score (nSPS) is 17.9. The molecule has 1 aliphatic carbocycles. The van der Waals surface area contributed by atoms with Gasteiger partial charge in [0, 0.05) is 12.4 Å². The molecular formula is C10H11NO2. The zero-order chi connectivity index (χ0) is 9.31. The lowest BCUT2D eigenvalue weighted by Crippen LogP contribution is -2.21. The van der Waals surface area contributed by atoms with Crippen LogP contribution in [0.2, 0.25) is 0 Å². The Labute approximate surface area is 76.7 Å². The zero-order valence-corrected chi connectivity index (χ0v) is 7.49. The minimum absolute atomic E-state index is 0.126. The van der Waals surface area contributed by atoms with Gasteiger partial charge in [0.25, 0.3) is 0 Å². The number of pyridine rings is 1. The second-order valence-corrected chi connectivity index (χ2v) is 3.31. The number of carbonyl (C=O) groups is 1. The van der Waals surface area contributed by atoms with Crippen molar-refractivity contribution in [3.63, 3.8) is 0 Å². The highest BCUT2D eigenvalue weighted by Crippen LogP contribution is 2.48. The van der Waals surface area contributed by atoms with Gasteiger partial charge in [0.2, 0.25) is 0 Å². The van der Waals surface area contributed by atoms with E-state index < -0.39 is 0 Å². The van der Waals surface area contributed by atoms with Crippen molar-refractivity contribution in [3.8, 4) is 0 Å². The van der Waals surface area contributed by atoms with Crippen LogP contribution < -0.4 is 0 Å². The highest BCUT2D eigenvalue weighted by molar-refractivity contribution is 5.86. The molecule has 3 nitrogen and oxygen atoms in total. The first-order valence-corrected chi connectivity index (χ1v) is 4.28. The second-order valence-electron chi connectivity index (χ2n) is 3.31. The second kappa shape index (κ2) is 2.83. The number of ether oxygens (including phenoxy) is 1. The molecule has 0 spiro atoms. The molecule has 0 atom stereocenters. The topological polar surface area (TPSA) is 39.2 Å². The van der Waals surface area contributed by atoms with E-state index in [4.69, 9.17) is 4.74 Å². The molecular weight excluding hydrogens is 166 g/mol. The predicted molar refractivity (Wildman–Crippen MR) is 47.2 cm³/mol. The average molecular weight is 177 g/mol. The van der Waals surface area contributed by atoms with Crippen LogP contribution in [0.25, 0.3) is 0 Å². The highest BCUT2D eigenvalue weighted by Gasteiger charge is 2.52. The molecule has 1 saturated carbocycles. The maximum atomic E-state index is 11.5. The van der Waals surface area contributed by atoms with Crippen molar-refractivity contribution < 1.29 is 9.53 Å². The van der Waals surface area contributed by atoms with E-state index in [0.29, 0.717) is 0 Å². The fraction of sp³-hybridized carbons (Fsp3) is 0.400. The van der Waals surface area contributed by atoms with Crippen molar-refractivity contribution in [2.24, 2.45) is 0 Å². The first-order chi connectivity index (χ1) is 6.29. The molecule has 1 heterocycles. The van der Waals surface area contributed by atoms with E-state index >= 15 is 0 Å². The Balaban J connectivity index is 2.31. The summed E-state index contributed by atoms with van der Waals surface area (Å²) in [6.07, 6.45) is 5.20. The van der Waals surface area contributed by atoms with Crippen molar-refractivity contribution in [1.29, 1.82) is 0 Å². The van der Waals surface area contributed by atoms with Crippen molar-refractivity contribution in [2.45, 2.75) is 18.3 Å². The summed E-state index contributed by atoms with van der Waals surface area (Å²) in [6.45, 7) is 0. The molecule has 2 rings (SSSR count). The summed E-state index contributed by atoms with van der Waals surface area (Å²) < 4.78 is 4.77. The number of rotatable bonds is 2. The molecule has 1 aromatic rings. The molecule has 3 heteroatoms. The van der Waals surface area contributed by atoms with Gasteiger partial charge in [0.15, 0.2) is 0 Å². The van der Waals surface area contributed by atoms with E-state index in [9.17, 15) is 4.79 Å². The van der Waals surface area contributed by atoms with Crippen molar-refractivity contribution in [2.75, 3.05) is 7.11 Å². The first-order valence-electron chi connectivity index (χ1n) is 4.28. The number of nitrogens with zero attached hydrogens (tertiary/aromatic N) is 1. The molecule has 1 aromatic heterocycles. The van der Waals surface area contributed by atoms with Crippen LogP contribution in [0, 0.1) is 0 Å². The van der Waals surface area contributed by atoms with Gasteiger partial charge in [-0.3, -0.25) is 9.78 Å². The Morgan fingerprint density at radius 3 is 2.54 bits per heavy atom. The van der Waals surface area contributed by atoms with Crippen LogP contribution in [0.15, 0.2) is 24.5 Å². The van der Waals surface area contributed by atoms with E-state index in [-0.39, 0.29) is 11.4 Å². The highest BCUT2D eigenvalue weighted by atomic mass is 16.5. The van der Waals surface area contributed by atoms with E-state index in [1.807, 2.05) is 12.1 Å². The molecule has 0 N–H and O–H groups in total. The third-order valence-corrected chi connectivity index (χ3v) is 2.56. The summed E-state index contributed by atoms with van der Waals surface area (Å²) in [7, 11) is 1.43. The molecule has 0 aromatic carbocycles.